The van der Waals surface area contributed by atoms with E-state index in [0.29, 0.717) is 23.1 Å². The second-order valence-electron chi connectivity index (χ2n) is 4.65. The van der Waals surface area contributed by atoms with Crippen LogP contribution >= 0.6 is 23.2 Å². The summed E-state index contributed by atoms with van der Waals surface area (Å²) >= 11 is 12.1. The maximum Gasteiger partial charge on any atom is 0.321 e. The highest BCUT2D eigenvalue weighted by molar-refractivity contribution is 6.42. The van der Waals surface area contributed by atoms with Crippen LogP contribution in [0.2, 0.25) is 10.0 Å². The molecule has 0 heterocycles. The van der Waals surface area contributed by atoms with Crippen LogP contribution in [-0.2, 0) is 11.3 Å². The quantitative estimate of drug-likeness (QED) is 0.871. The largest absolute Gasteiger partial charge is 0.338 e. The monoisotopic (exact) mass is 331 g/mol. The lowest BCUT2D eigenvalue weighted by molar-refractivity contribution is -0.124. The molecule has 1 aromatic carbocycles. The molecule has 0 aromatic heterocycles. The highest BCUT2D eigenvalue weighted by Crippen LogP contribution is 2.26. The first kappa shape index (κ1) is 17.8. The van der Waals surface area contributed by atoms with E-state index in [-0.39, 0.29) is 5.91 Å². The summed E-state index contributed by atoms with van der Waals surface area (Å²) in [5.74, 6) is -0.374. The third-order valence-electron chi connectivity index (χ3n) is 3.07. The minimum Gasteiger partial charge on any atom is -0.338 e. The van der Waals surface area contributed by atoms with Crippen molar-refractivity contribution < 1.29 is 9.59 Å². The molecule has 1 aromatic rings. The summed E-state index contributed by atoms with van der Waals surface area (Å²) in [5.41, 5.74) is 0.823. The summed E-state index contributed by atoms with van der Waals surface area (Å²) < 4.78 is 0. The smallest absolute Gasteiger partial charge is 0.321 e. The van der Waals surface area contributed by atoms with Gasteiger partial charge in [0.25, 0.3) is 0 Å². The third kappa shape index (κ3) is 5.19. The fraction of sp³-hybridized carbons (Fsp3) is 0.429. The van der Waals surface area contributed by atoms with Crippen molar-refractivity contribution in [1.82, 2.24) is 15.5 Å². The molecule has 0 aliphatic heterocycles. The predicted octanol–water partition coefficient (Wildman–Crippen LogP) is 2.66. The van der Waals surface area contributed by atoms with Crippen molar-refractivity contribution in [2.75, 3.05) is 13.6 Å². The molecule has 21 heavy (non-hydrogen) atoms. The van der Waals surface area contributed by atoms with Crippen LogP contribution in [0.1, 0.15) is 19.4 Å². The predicted molar refractivity (Wildman–Crippen MR) is 84.6 cm³/mol. The molecule has 0 saturated carbocycles. The average Bonchev–Trinajstić information content (AvgIpc) is 2.43. The van der Waals surface area contributed by atoms with Crippen LogP contribution in [0, 0.1) is 0 Å². The number of urea groups is 1. The van der Waals surface area contributed by atoms with E-state index >= 15 is 0 Å². The molecule has 5 nitrogen and oxygen atoms in total. The molecule has 3 amide bonds. The molecular formula is C14H19Cl2N3O2. The van der Waals surface area contributed by atoms with Crippen LogP contribution in [0.25, 0.3) is 0 Å². The molecule has 0 spiro atoms. The molecular weight excluding hydrogens is 313 g/mol. The molecule has 2 N–H and O–H groups in total. The van der Waals surface area contributed by atoms with Gasteiger partial charge >= 0.3 is 6.03 Å². The Morgan fingerprint density at radius 2 is 2.00 bits per heavy atom. The van der Waals surface area contributed by atoms with Crippen molar-refractivity contribution >= 4 is 35.1 Å². The minimum absolute atomic E-state index is 0.374. The average molecular weight is 332 g/mol. The topological polar surface area (TPSA) is 61.4 Å². The van der Waals surface area contributed by atoms with Crippen molar-refractivity contribution in [3.63, 3.8) is 0 Å². The maximum absolute atomic E-state index is 11.9. The molecule has 1 rings (SSSR count). The van der Waals surface area contributed by atoms with Crippen molar-refractivity contribution in [1.29, 1.82) is 0 Å². The number of hydrogen-bond donors (Lipinski definition) is 2. The fourth-order valence-corrected chi connectivity index (χ4v) is 2.08. The Kier molecular flexibility index (Phi) is 6.95. The number of nitrogens with zero attached hydrogens (tertiary/aromatic N) is 1. The zero-order valence-corrected chi connectivity index (χ0v) is 13.8. The van der Waals surface area contributed by atoms with E-state index in [1.54, 1.807) is 37.9 Å². The van der Waals surface area contributed by atoms with Gasteiger partial charge in [-0.3, -0.25) is 15.0 Å². The number of nitrogens with one attached hydrogen (secondary N) is 2. The maximum atomic E-state index is 11.9. The summed E-state index contributed by atoms with van der Waals surface area (Å²) in [7, 11) is 1.78. The van der Waals surface area contributed by atoms with Crippen molar-refractivity contribution in [3.05, 3.63) is 33.8 Å². The van der Waals surface area contributed by atoms with Gasteiger partial charge in [-0.1, -0.05) is 35.3 Å². The number of likely N-dealkylation sites (N-methyl/N-ethyl adjacent to an activating group) is 1. The van der Waals surface area contributed by atoms with Crippen LogP contribution in [0.5, 0.6) is 0 Å². The first-order valence-corrected chi connectivity index (χ1v) is 7.34. The van der Waals surface area contributed by atoms with Gasteiger partial charge in [-0.25, -0.2) is 4.79 Å². The Morgan fingerprint density at radius 3 is 2.62 bits per heavy atom. The summed E-state index contributed by atoms with van der Waals surface area (Å²) in [4.78, 5) is 25.1. The fourth-order valence-electron chi connectivity index (χ4n) is 1.70. The van der Waals surface area contributed by atoms with Crippen LogP contribution in [-0.4, -0.2) is 36.5 Å². The molecule has 0 aliphatic rings. The van der Waals surface area contributed by atoms with E-state index in [0.717, 1.165) is 5.56 Å². The van der Waals surface area contributed by atoms with Crippen LogP contribution in [0.15, 0.2) is 18.2 Å². The van der Waals surface area contributed by atoms with Gasteiger partial charge in [-0.15, -0.1) is 0 Å². The van der Waals surface area contributed by atoms with E-state index in [1.807, 2.05) is 6.07 Å². The molecule has 0 bridgehead atoms. The standard InChI is InChI=1S/C14H19Cl2N3O2/c1-4-17-14(21)18-13(20)9(2)19(3)8-10-6-5-7-11(15)12(10)16/h5-7,9H,4,8H2,1-3H3,(H2,17,18,20,21)/t9-/m0/s1. The minimum atomic E-state index is -0.497. The van der Waals surface area contributed by atoms with Crippen molar-refractivity contribution in [2.45, 2.75) is 26.4 Å². The van der Waals surface area contributed by atoms with Crippen LogP contribution in [0.4, 0.5) is 4.79 Å². The number of carbonyl (C=O) groups is 2. The molecule has 0 aliphatic carbocycles. The highest BCUT2D eigenvalue weighted by atomic mass is 35.5. The van der Waals surface area contributed by atoms with Gasteiger partial charge in [0.2, 0.25) is 5.91 Å². The zero-order valence-electron chi connectivity index (χ0n) is 12.2. The van der Waals surface area contributed by atoms with Crippen LogP contribution in [0.3, 0.4) is 0 Å². The van der Waals surface area contributed by atoms with Gasteiger partial charge < -0.3 is 5.32 Å². The number of carbonyl (C=O) groups excluding carboxylic acids is 2. The third-order valence-corrected chi connectivity index (χ3v) is 3.92. The summed E-state index contributed by atoms with van der Waals surface area (Å²) in [6.07, 6.45) is 0. The normalized spacial score (nSPS) is 12.1. The Labute approximate surface area is 134 Å². The Hall–Kier alpha value is -1.30. The molecule has 116 valence electrons. The second kappa shape index (κ2) is 8.22. The lowest BCUT2D eigenvalue weighted by Crippen LogP contribution is -2.48. The number of rotatable bonds is 5. The zero-order chi connectivity index (χ0) is 16.0. The van der Waals surface area contributed by atoms with Gasteiger partial charge in [-0.2, -0.15) is 0 Å². The first-order chi connectivity index (χ1) is 9.86. The number of halogens is 2. The summed E-state index contributed by atoms with van der Waals surface area (Å²) in [6.45, 7) is 4.40. The molecule has 7 heteroatoms. The van der Waals surface area contributed by atoms with Gasteiger partial charge in [-0.05, 0) is 32.5 Å². The van der Waals surface area contributed by atoms with E-state index in [9.17, 15) is 9.59 Å². The van der Waals surface area contributed by atoms with Crippen LogP contribution < -0.4 is 10.6 Å². The molecule has 0 radical (unpaired) electrons. The lowest BCUT2D eigenvalue weighted by Gasteiger charge is -2.24. The SMILES string of the molecule is CCNC(=O)NC(=O)[C@H](C)N(C)Cc1cccc(Cl)c1Cl. The second-order valence-corrected chi connectivity index (χ2v) is 5.44. The molecule has 1 atom stereocenters. The van der Waals surface area contributed by atoms with Crippen molar-refractivity contribution in [2.24, 2.45) is 0 Å². The van der Waals surface area contributed by atoms with Gasteiger partial charge in [0.05, 0.1) is 16.1 Å². The number of hydrogen-bond acceptors (Lipinski definition) is 3. The lowest BCUT2D eigenvalue weighted by atomic mass is 10.2. The van der Waals surface area contributed by atoms with E-state index in [4.69, 9.17) is 23.2 Å². The van der Waals surface area contributed by atoms with Gasteiger partial charge in [0.15, 0.2) is 0 Å². The Morgan fingerprint density at radius 1 is 1.33 bits per heavy atom. The Balaban J connectivity index is 2.66. The Bertz CT molecular complexity index is 523. The highest BCUT2D eigenvalue weighted by Gasteiger charge is 2.20. The summed E-state index contributed by atoms with van der Waals surface area (Å²) in [6, 6.07) is 4.38. The number of imide groups is 1. The van der Waals surface area contributed by atoms with Gasteiger partial charge in [0.1, 0.15) is 0 Å². The van der Waals surface area contributed by atoms with E-state index in [2.05, 4.69) is 10.6 Å². The van der Waals surface area contributed by atoms with Gasteiger partial charge in [0, 0.05) is 13.1 Å². The number of amides is 3. The number of benzene rings is 1. The molecule has 0 saturated heterocycles. The molecule has 0 unspecified atom stereocenters. The summed E-state index contributed by atoms with van der Waals surface area (Å²) in [5, 5.41) is 5.74. The van der Waals surface area contributed by atoms with E-state index < -0.39 is 12.1 Å². The molecule has 0 fully saturated rings. The van der Waals surface area contributed by atoms with E-state index in [1.165, 1.54) is 0 Å². The first-order valence-electron chi connectivity index (χ1n) is 6.58. The van der Waals surface area contributed by atoms with Crippen molar-refractivity contribution in [3.8, 4) is 0 Å².